The molecule has 1 N–H and O–H groups in total. The van der Waals surface area contributed by atoms with Gasteiger partial charge in [0, 0.05) is 30.6 Å². The molecule has 1 heterocycles. The molecule has 1 atom stereocenters. The Bertz CT molecular complexity index is 855. The van der Waals surface area contributed by atoms with Gasteiger partial charge in [0.15, 0.2) is 0 Å². The fourth-order valence-electron chi connectivity index (χ4n) is 3.23. The van der Waals surface area contributed by atoms with Crippen LogP contribution in [0.2, 0.25) is 0 Å². The van der Waals surface area contributed by atoms with E-state index in [1.54, 1.807) is 27.7 Å². The van der Waals surface area contributed by atoms with Gasteiger partial charge in [-0.05, 0) is 45.7 Å². The van der Waals surface area contributed by atoms with E-state index < -0.39 is 23.2 Å². The first kappa shape index (κ1) is 23.7. The number of nitrogens with zero attached hydrogens (tertiary/aromatic N) is 1. The number of benzene rings is 1. The lowest BCUT2D eigenvalue weighted by molar-refractivity contribution is -0.160. The van der Waals surface area contributed by atoms with Crippen LogP contribution in [0.25, 0.3) is 10.9 Å². The number of rotatable bonds is 9. The number of aromatic amines is 1. The predicted octanol–water partition coefficient (Wildman–Crippen LogP) is 4.65. The number of unbranched alkanes of at least 4 members (excludes halogenated alkanes) is 1. The zero-order chi connectivity index (χ0) is 22.4. The van der Waals surface area contributed by atoms with E-state index in [-0.39, 0.29) is 13.2 Å². The van der Waals surface area contributed by atoms with Crippen molar-refractivity contribution in [3.8, 4) is 0 Å². The second-order valence-corrected chi connectivity index (χ2v) is 8.63. The maximum Gasteiger partial charge on any atom is 0.413 e. The van der Waals surface area contributed by atoms with Gasteiger partial charge in [-0.15, -0.1) is 0 Å². The highest BCUT2D eigenvalue weighted by Crippen LogP contribution is 2.29. The van der Waals surface area contributed by atoms with Crippen molar-refractivity contribution in [1.82, 2.24) is 9.88 Å². The lowest BCUT2D eigenvalue weighted by Crippen LogP contribution is -2.58. The summed E-state index contributed by atoms with van der Waals surface area (Å²) in [6.45, 7) is 9.28. The number of carbonyl (C=O) groups excluding carboxylic acids is 2. The summed E-state index contributed by atoms with van der Waals surface area (Å²) < 4.78 is 16.4. The van der Waals surface area contributed by atoms with Gasteiger partial charge in [-0.25, -0.2) is 9.59 Å². The third-order valence-electron chi connectivity index (χ3n) is 4.85. The van der Waals surface area contributed by atoms with Crippen molar-refractivity contribution >= 4 is 23.0 Å². The van der Waals surface area contributed by atoms with Crippen molar-refractivity contribution in [1.29, 1.82) is 0 Å². The number of amides is 1. The fraction of sp³-hybridized carbons (Fsp3) is 0.565. The van der Waals surface area contributed by atoms with E-state index >= 15 is 0 Å². The molecule has 0 saturated heterocycles. The summed E-state index contributed by atoms with van der Waals surface area (Å²) in [7, 11) is 1.48. The first-order valence-electron chi connectivity index (χ1n) is 10.3. The van der Waals surface area contributed by atoms with Crippen LogP contribution in [-0.4, -0.2) is 53.5 Å². The Balaban J connectivity index is 2.44. The molecule has 166 valence electrons. The molecule has 0 saturated carbocycles. The molecule has 2 aromatic rings. The molecular weight excluding hydrogens is 384 g/mol. The molecule has 7 heteroatoms. The van der Waals surface area contributed by atoms with Crippen LogP contribution in [0.3, 0.4) is 0 Å². The largest absolute Gasteiger partial charge is 0.464 e. The molecular formula is C23H34N2O5. The molecule has 0 aliphatic carbocycles. The maximum absolute atomic E-state index is 13.3. The molecule has 1 aromatic carbocycles. The lowest BCUT2D eigenvalue weighted by atomic mass is 9.91. The smallest absolute Gasteiger partial charge is 0.413 e. The Labute approximate surface area is 178 Å². The number of aromatic nitrogens is 1. The number of carbonyl (C=O) groups is 2. The van der Waals surface area contributed by atoms with Crippen molar-refractivity contribution in [3.63, 3.8) is 0 Å². The quantitative estimate of drug-likeness (QED) is 0.364. The van der Waals surface area contributed by atoms with Crippen molar-refractivity contribution in [2.75, 3.05) is 20.4 Å². The van der Waals surface area contributed by atoms with Crippen molar-refractivity contribution in [2.45, 2.75) is 65.0 Å². The summed E-state index contributed by atoms with van der Waals surface area (Å²) in [5, 5.41) is 0.992. The fourth-order valence-corrected chi connectivity index (χ4v) is 3.23. The second kappa shape index (κ2) is 9.98. The highest BCUT2D eigenvalue weighted by molar-refractivity contribution is 5.88. The topological polar surface area (TPSA) is 80.9 Å². The number of fused-ring (bicyclic) bond motifs is 1. The zero-order valence-corrected chi connectivity index (χ0v) is 18.9. The van der Waals surface area contributed by atoms with Gasteiger partial charge in [0.2, 0.25) is 0 Å². The highest BCUT2D eigenvalue weighted by atomic mass is 16.6. The van der Waals surface area contributed by atoms with Crippen LogP contribution in [-0.2, 0) is 25.4 Å². The van der Waals surface area contributed by atoms with Gasteiger partial charge in [-0.1, -0.05) is 31.5 Å². The number of esters is 1. The van der Waals surface area contributed by atoms with Crippen LogP contribution in [0.4, 0.5) is 4.79 Å². The van der Waals surface area contributed by atoms with Crippen molar-refractivity contribution < 1.29 is 23.8 Å². The van der Waals surface area contributed by atoms with Crippen LogP contribution >= 0.6 is 0 Å². The number of para-hydroxylation sites is 1. The number of nitrogens with one attached hydrogen (secondary N) is 1. The molecule has 0 radical (unpaired) electrons. The van der Waals surface area contributed by atoms with E-state index in [2.05, 4.69) is 4.98 Å². The number of H-pyrrole nitrogens is 1. The van der Waals surface area contributed by atoms with Gasteiger partial charge < -0.3 is 19.2 Å². The Morgan fingerprint density at radius 3 is 2.47 bits per heavy atom. The number of methoxy groups -OCH3 is 1. The number of hydrogen-bond acceptors (Lipinski definition) is 5. The number of hydrogen-bond donors (Lipinski definition) is 1. The summed E-state index contributed by atoms with van der Waals surface area (Å²) >= 11 is 0. The van der Waals surface area contributed by atoms with Crippen molar-refractivity contribution in [2.24, 2.45) is 0 Å². The molecule has 1 aromatic heterocycles. The summed E-state index contributed by atoms with van der Waals surface area (Å²) in [5.41, 5.74) is -0.150. The SMILES string of the molecule is CCCCOC(=O)[C@](C)(Cc1c[nH]c2ccccc12)N(COC)C(=O)OC(C)(C)C. The molecule has 0 bridgehead atoms. The zero-order valence-electron chi connectivity index (χ0n) is 18.9. The minimum absolute atomic E-state index is 0.101. The molecule has 2 rings (SSSR count). The van der Waals surface area contributed by atoms with E-state index in [4.69, 9.17) is 14.2 Å². The molecule has 0 fully saturated rings. The predicted molar refractivity (Wildman–Crippen MR) is 116 cm³/mol. The monoisotopic (exact) mass is 418 g/mol. The van der Waals surface area contributed by atoms with Crippen LogP contribution < -0.4 is 0 Å². The molecule has 0 spiro atoms. The summed E-state index contributed by atoms with van der Waals surface area (Å²) in [6, 6.07) is 7.84. The Kier molecular flexibility index (Phi) is 7.89. The first-order valence-corrected chi connectivity index (χ1v) is 10.3. The van der Waals surface area contributed by atoms with Crippen LogP contribution in [0.5, 0.6) is 0 Å². The Morgan fingerprint density at radius 1 is 1.13 bits per heavy atom. The summed E-state index contributed by atoms with van der Waals surface area (Å²) in [6.07, 6.45) is 3.15. The van der Waals surface area contributed by atoms with E-state index in [1.807, 2.05) is 37.4 Å². The van der Waals surface area contributed by atoms with Crippen molar-refractivity contribution in [3.05, 3.63) is 36.0 Å². The van der Waals surface area contributed by atoms with Gasteiger partial charge in [0.05, 0.1) is 6.61 Å². The molecule has 0 aliphatic rings. The molecule has 0 unspecified atom stereocenters. The molecule has 1 amide bonds. The Morgan fingerprint density at radius 2 is 1.83 bits per heavy atom. The average Bonchev–Trinajstić information content (AvgIpc) is 3.07. The first-order chi connectivity index (χ1) is 14.1. The van der Waals surface area contributed by atoms with Crippen LogP contribution in [0.1, 0.15) is 53.0 Å². The van der Waals surface area contributed by atoms with Crippen LogP contribution in [0, 0.1) is 0 Å². The van der Waals surface area contributed by atoms with E-state index in [0.29, 0.717) is 6.61 Å². The molecule has 0 aliphatic heterocycles. The standard InChI is InChI=1S/C23H34N2O5/c1-7-8-13-29-20(26)23(5,25(16-28-6)21(27)30-22(2,3)4)14-17-15-24-19-12-10-9-11-18(17)19/h9-12,15,24H,7-8,13-14,16H2,1-6H3/t23-/m0/s1. The normalized spacial score (nSPS) is 13.7. The Hall–Kier alpha value is -2.54. The maximum atomic E-state index is 13.3. The van der Waals surface area contributed by atoms with E-state index in [1.165, 1.54) is 12.0 Å². The van der Waals surface area contributed by atoms with Crippen LogP contribution in [0.15, 0.2) is 30.5 Å². The van der Waals surface area contributed by atoms with Gasteiger partial charge in [0.25, 0.3) is 0 Å². The van der Waals surface area contributed by atoms with E-state index in [9.17, 15) is 9.59 Å². The summed E-state index contributed by atoms with van der Waals surface area (Å²) in [4.78, 5) is 30.8. The minimum Gasteiger partial charge on any atom is -0.464 e. The third-order valence-corrected chi connectivity index (χ3v) is 4.85. The second-order valence-electron chi connectivity index (χ2n) is 8.63. The average molecular weight is 419 g/mol. The van der Waals surface area contributed by atoms with Gasteiger partial charge in [-0.3, -0.25) is 4.90 Å². The van der Waals surface area contributed by atoms with Gasteiger partial charge in [0.1, 0.15) is 17.9 Å². The van der Waals surface area contributed by atoms with E-state index in [0.717, 1.165) is 29.3 Å². The van der Waals surface area contributed by atoms with Gasteiger partial charge in [-0.2, -0.15) is 0 Å². The third kappa shape index (κ3) is 5.75. The highest BCUT2D eigenvalue weighted by Gasteiger charge is 2.46. The minimum atomic E-state index is -1.31. The summed E-state index contributed by atoms with van der Waals surface area (Å²) in [5.74, 6) is -0.482. The van der Waals surface area contributed by atoms with Gasteiger partial charge >= 0.3 is 12.1 Å². The molecule has 7 nitrogen and oxygen atoms in total. The number of ether oxygens (including phenoxy) is 3. The lowest BCUT2D eigenvalue weighted by Gasteiger charge is -2.39. The molecule has 30 heavy (non-hydrogen) atoms.